The van der Waals surface area contributed by atoms with E-state index in [1.807, 2.05) is 6.08 Å². The zero-order valence-corrected chi connectivity index (χ0v) is 29.5. The minimum Gasteiger partial charge on any atom is -0.459 e. The number of nitrogens with zero attached hydrogens (tertiary/aromatic N) is 1. The highest BCUT2D eigenvalue weighted by atomic mass is 16.6. The van der Waals surface area contributed by atoms with E-state index in [2.05, 4.69) is 41.9 Å². The zero-order valence-electron chi connectivity index (χ0n) is 29.5. The molecule has 12 nitrogen and oxygen atoms in total. The van der Waals surface area contributed by atoms with Crippen molar-refractivity contribution in [3.05, 3.63) is 48.4 Å². The van der Waals surface area contributed by atoms with Crippen LogP contribution in [-0.2, 0) is 44.4 Å². The van der Waals surface area contributed by atoms with Crippen molar-refractivity contribution in [1.82, 2.24) is 10.3 Å². The largest absolute Gasteiger partial charge is 0.459 e. The van der Waals surface area contributed by atoms with Crippen LogP contribution in [0.5, 0.6) is 0 Å². The number of hydrogen-bond acceptors (Lipinski definition) is 11. The number of aromatic nitrogens is 1. The molecule has 0 unspecified atom stereocenters. The lowest BCUT2D eigenvalue weighted by Gasteiger charge is -2.40. The maximum atomic E-state index is 13.3. The predicted molar refractivity (Wildman–Crippen MR) is 181 cm³/mol. The molecule has 12 heteroatoms. The Morgan fingerprint density at radius 3 is 2.59 bits per heavy atom. The van der Waals surface area contributed by atoms with E-state index in [0.29, 0.717) is 61.9 Å². The fourth-order valence-electron chi connectivity index (χ4n) is 6.53. The fourth-order valence-corrected chi connectivity index (χ4v) is 6.53. The Morgan fingerprint density at radius 2 is 1.82 bits per heavy atom. The highest BCUT2D eigenvalue weighted by molar-refractivity contribution is 5.82. The molecule has 3 aliphatic heterocycles. The highest BCUT2D eigenvalue weighted by Gasteiger charge is 2.38. The van der Waals surface area contributed by atoms with E-state index in [0.717, 1.165) is 25.7 Å². The normalized spacial score (nSPS) is 30.0. The van der Waals surface area contributed by atoms with E-state index in [1.165, 1.54) is 31.7 Å². The number of amides is 1. The molecule has 272 valence electrons. The molecule has 4 rings (SSSR count). The van der Waals surface area contributed by atoms with Crippen molar-refractivity contribution in [3.8, 4) is 0 Å². The van der Waals surface area contributed by atoms with E-state index in [-0.39, 0.29) is 42.9 Å². The molecule has 1 N–H and O–H groups in total. The van der Waals surface area contributed by atoms with Crippen LogP contribution in [0, 0.1) is 11.8 Å². The van der Waals surface area contributed by atoms with Gasteiger partial charge in [-0.25, -0.2) is 14.6 Å². The van der Waals surface area contributed by atoms with Gasteiger partial charge < -0.3 is 32.8 Å². The topological polar surface area (TPSA) is 145 Å². The molecule has 0 saturated carbocycles. The molecule has 3 aliphatic rings. The van der Waals surface area contributed by atoms with Gasteiger partial charge in [-0.3, -0.25) is 10.1 Å². The van der Waals surface area contributed by atoms with Crippen LogP contribution in [0.2, 0.25) is 0 Å². The number of ether oxygens (including phenoxy) is 6. The number of esters is 2. The maximum absolute atomic E-state index is 13.3. The van der Waals surface area contributed by atoms with Crippen molar-refractivity contribution in [2.75, 3.05) is 14.2 Å². The van der Waals surface area contributed by atoms with Gasteiger partial charge in [-0.05, 0) is 56.4 Å². The summed E-state index contributed by atoms with van der Waals surface area (Å²) in [6, 6.07) is 0. The summed E-state index contributed by atoms with van der Waals surface area (Å²) in [4.78, 5) is 41.6. The average molecular weight is 687 g/mol. The van der Waals surface area contributed by atoms with Crippen molar-refractivity contribution in [3.63, 3.8) is 0 Å². The lowest BCUT2D eigenvalue weighted by atomic mass is 9.86. The number of methoxy groups -OCH3 is 2. The van der Waals surface area contributed by atoms with Gasteiger partial charge in [0.25, 0.3) is 0 Å². The monoisotopic (exact) mass is 686 g/mol. The Kier molecular flexibility index (Phi) is 15.4. The number of rotatable bonds is 11. The summed E-state index contributed by atoms with van der Waals surface area (Å²) in [6.45, 7) is 6.54. The van der Waals surface area contributed by atoms with Crippen LogP contribution in [0.1, 0.15) is 96.6 Å². The smallest absolute Gasteiger partial charge is 0.410 e. The third-order valence-electron chi connectivity index (χ3n) is 9.15. The third-order valence-corrected chi connectivity index (χ3v) is 9.15. The first-order chi connectivity index (χ1) is 23.6. The van der Waals surface area contributed by atoms with Gasteiger partial charge in [0.1, 0.15) is 18.5 Å². The number of cyclic esters (lactones) is 1. The lowest BCUT2D eigenvalue weighted by molar-refractivity contribution is -0.171. The number of allylic oxidation sites excluding steroid dienone is 2. The summed E-state index contributed by atoms with van der Waals surface area (Å²) in [5.41, 5.74) is 0.700. The first kappa shape index (κ1) is 38.3. The molecule has 1 amide bonds. The minimum atomic E-state index is -0.593. The van der Waals surface area contributed by atoms with Crippen LogP contribution in [0.25, 0.3) is 6.08 Å². The lowest BCUT2D eigenvalue weighted by Crippen LogP contribution is -2.43. The van der Waals surface area contributed by atoms with Crippen molar-refractivity contribution in [2.24, 2.45) is 11.8 Å². The second-order valence-corrected chi connectivity index (χ2v) is 13.7. The molecule has 3 saturated heterocycles. The molecule has 49 heavy (non-hydrogen) atoms. The number of carbonyl (C=O) groups excluding carboxylic acids is 3. The Labute approximate surface area is 289 Å². The van der Waals surface area contributed by atoms with Gasteiger partial charge in [0.15, 0.2) is 0 Å². The molecular formula is C37H54N2O10. The van der Waals surface area contributed by atoms with Crippen molar-refractivity contribution < 1.29 is 47.2 Å². The Bertz CT molecular complexity index is 1290. The molecule has 0 spiro atoms. The summed E-state index contributed by atoms with van der Waals surface area (Å²) < 4.78 is 40.7. The van der Waals surface area contributed by atoms with Gasteiger partial charge >= 0.3 is 18.0 Å². The number of carbonyl (C=O) groups is 3. The quantitative estimate of drug-likeness (QED) is 0.122. The molecule has 3 fully saturated rings. The zero-order chi connectivity index (χ0) is 35.2. The molecule has 0 radical (unpaired) electrons. The maximum Gasteiger partial charge on any atom is 0.410 e. The standard InChI is InChI=1S/C37H54N2O10/c1-24(2)9-8-11-27-17-28-14-13-25(3)33(47-28)21-29(43-4)18-30-19-31(20-32(46-30)22-36(41)48-27)49-35(40)12-7-6-10-26-23-45-34(39-26)15-16-38-37(42)44-5/h7-8,11-12,15-16,23-25,27-33H,6,9-10,13-14,17-22H2,1-5H3,(H,38,42)/b11-8+,12-7-,16-15-/t25-,27-,28-,29-,30+,31-,32+,33+/m0/s1. The van der Waals surface area contributed by atoms with Crippen LogP contribution in [0.15, 0.2) is 41.2 Å². The molecule has 0 aliphatic carbocycles. The summed E-state index contributed by atoms with van der Waals surface area (Å²) in [5.74, 6) is 0.440. The predicted octanol–water partition coefficient (Wildman–Crippen LogP) is 6.24. The first-order valence-corrected chi connectivity index (χ1v) is 17.6. The minimum absolute atomic E-state index is 0.0168. The summed E-state index contributed by atoms with van der Waals surface area (Å²) in [7, 11) is 2.99. The molecule has 0 aromatic carbocycles. The molecule has 1 aromatic rings. The van der Waals surface area contributed by atoms with E-state index in [4.69, 9.17) is 28.1 Å². The second-order valence-electron chi connectivity index (χ2n) is 13.7. The van der Waals surface area contributed by atoms with Crippen LogP contribution < -0.4 is 5.32 Å². The first-order valence-electron chi connectivity index (χ1n) is 17.6. The number of nitrogens with one attached hydrogen (secondary N) is 1. The molecule has 8 atom stereocenters. The van der Waals surface area contributed by atoms with Crippen molar-refractivity contribution in [2.45, 2.75) is 134 Å². The number of hydrogen-bond donors (Lipinski definition) is 1. The van der Waals surface area contributed by atoms with Gasteiger partial charge in [-0.2, -0.15) is 0 Å². The van der Waals surface area contributed by atoms with Gasteiger partial charge in [-0.15, -0.1) is 0 Å². The highest BCUT2D eigenvalue weighted by Crippen LogP contribution is 2.34. The Hall–Kier alpha value is -3.48. The summed E-state index contributed by atoms with van der Waals surface area (Å²) in [6.07, 6.45) is 16.5. The van der Waals surface area contributed by atoms with Gasteiger partial charge in [0.05, 0.1) is 49.7 Å². The van der Waals surface area contributed by atoms with Gasteiger partial charge in [-0.1, -0.05) is 32.9 Å². The number of fused-ring (bicyclic) bond motifs is 4. The third kappa shape index (κ3) is 13.4. The van der Waals surface area contributed by atoms with E-state index < -0.39 is 24.3 Å². The Balaban J connectivity index is 1.36. The number of aryl methyl sites for hydroxylation is 1. The Morgan fingerprint density at radius 1 is 1.02 bits per heavy atom. The van der Waals surface area contributed by atoms with E-state index >= 15 is 0 Å². The number of oxazole rings is 1. The second kappa shape index (κ2) is 19.6. The van der Waals surface area contributed by atoms with Gasteiger partial charge in [0, 0.05) is 51.1 Å². The molecule has 1 aromatic heterocycles. The van der Waals surface area contributed by atoms with Crippen LogP contribution in [0.3, 0.4) is 0 Å². The summed E-state index contributed by atoms with van der Waals surface area (Å²) in [5, 5.41) is 2.40. The average Bonchev–Trinajstić information content (AvgIpc) is 3.50. The summed E-state index contributed by atoms with van der Waals surface area (Å²) >= 11 is 0. The van der Waals surface area contributed by atoms with Crippen molar-refractivity contribution in [1.29, 1.82) is 0 Å². The molecule has 4 heterocycles. The molecular weight excluding hydrogens is 632 g/mol. The van der Waals surface area contributed by atoms with Crippen LogP contribution in [-0.4, -0.2) is 80.0 Å². The van der Waals surface area contributed by atoms with Crippen LogP contribution in [0.4, 0.5) is 4.79 Å². The fraction of sp³-hybridized carbons (Fsp3) is 0.676. The van der Waals surface area contributed by atoms with Gasteiger partial charge in [0.2, 0.25) is 5.89 Å². The van der Waals surface area contributed by atoms with E-state index in [9.17, 15) is 14.4 Å². The SMILES string of the molecule is COC(=O)N/C=C\c1nc(CC/C=C\C(=O)O[C@H]2C[C@H]3C[C@H](OC)C[C@H]4O[C@@H](CC[C@@H]4C)C[C@H](/C=C/CC(C)C)OC(=O)C[C@@H](C2)O3)co1. The van der Waals surface area contributed by atoms with E-state index in [1.54, 1.807) is 13.2 Å². The number of alkyl carbamates (subject to hydrolysis) is 1. The van der Waals surface area contributed by atoms with Crippen molar-refractivity contribution >= 4 is 24.1 Å². The van der Waals surface area contributed by atoms with Crippen LogP contribution >= 0.6 is 0 Å². The molecule has 4 bridgehead atoms.